The van der Waals surface area contributed by atoms with E-state index in [1.807, 2.05) is 6.07 Å². The molecule has 0 atom stereocenters. The fourth-order valence-corrected chi connectivity index (χ4v) is 9.09. The van der Waals surface area contributed by atoms with E-state index in [0.29, 0.717) is 0 Å². The second kappa shape index (κ2) is 12.0. The number of aliphatic imine (C=N–C) groups is 2. The number of rotatable bonds is 4. The predicted molar refractivity (Wildman–Crippen MR) is 210 cm³/mol. The van der Waals surface area contributed by atoms with Crippen LogP contribution in [-0.4, -0.2) is 11.5 Å². The van der Waals surface area contributed by atoms with Gasteiger partial charge in [-0.3, -0.25) is 0 Å². The lowest BCUT2D eigenvalue weighted by Crippen LogP contribution is -2.32. The van der Waals surface area contributed by atoms with Crippen LogP contribution in [0.2, 0.25) is 0 Å². The molecule has 4 heteroatoms. The fraction of sp³-hybridized carbons (Fsp3) is 0.0638. The molecule has 0 bridgehead atoms. The van der Waals surface area contributed by atoms with E-state index in [-0.39, 0.29) is 0 Å². The maximum absolute atomic E-state index is 6.96. The van der Waals surface area contributed by atoms with Gasteiger partial charge in [-0.05, 0) is 70.5 Å². The molecule has 0 N–H and O–H groups in total. The third-order valence-corrected chi connectivity index (χ3v) is 11.4. The SMILES string of the molecule is C1=C(c2ccccc2)N=C(c2ccc(-c3cccc4c3Oc3ccccc3C43c4ccccc4-c4ccccc43)s2)N=C(c2ccccc2)CC1. The minimum Gasteiger partial charge on any atom is -0.456 e. The first kappa shape index (κ1) is 29.8. The van der Waals surface area contributed by atoms with Gasteiger partial charge >= 0.3 is 0 Å². The molecule has 3 heterocycles. The first-order valence-electron chi connectivity index (χ1n) is 17.5. The van der Waals surface area contributed by atoms with Crippen LogP contribution in [0.4, 0.5) is 0 Å². The highest BCUT2D eigenvalue weighted by molar-refractivity contribution is 7.17. The quantitative estimate of drug-likeness (QED) is 0.183. The van der Waals surface area contributed by atoms with Crippen molar-refractivity contribution in [2.75, 3.05) is 0 Å². The summed E-state index contributed by atoms with van der Waals surface area (Å²) >= 11 is 1.71. The first-order valence-corrected chi connectivity index (χ1v) is 18.3. The number of amidine groups is 1. The van der Waals surface area contributed by atoms with E-state index in [2.05, 4.69) is 164 Å². The Morgan fingerprint density at radius 1 is 0.490 bits per heavy atom. The van der Waals surface area contributed by atoms with Gasteiger partial charge in [-0.25, -0.2) is 9.98 Å². The number of hydrogen-bond acceptors (Lipinski definition) is 4. The number of para-hydroxylation sites is 2. The van der Waals surface area contributed by atoms with Gasteiger partial charge in [0.25, 0.3) is 0 Å². The number of thiophene rings is 1. The van der Waals surface area contributed by atoms with Gasteiger partial charge in [0.05, 0.1) is 21.7 Å². The molecule has 7 aromatic rings. The van der Waals surface area contributed by atoms with Crippen LogP contribution in [-0.2, 0) is 5.41 Å². The molecule has 0 unspecified atom stereocenters. The van der Waals surface area contributed by atoms with Crippen LogP contribution in [0.15, 0.2) is 180 Å². The van der Waals surface area contributed by atoms with Crippen molar-refractivity contribution in [1.29, 1.82) is 0 Å². The van der Waals surface area contributed by atoms with E-state index < -0.39 is 5.41 Å². The lowest BCUT2D eigenvalue weighted by Gasteiger charge is -2.40. The molecule has 2 aliphatic heterocycles. The number of hydrogen-bond donors (Lipinski definition) is 0. The third kappa shape index (κ3) is 4.71. The van der Waals surface area contributed by atoms with Crippen molar-refractivity contribution in [3.8, 4) is 33.1 Å². The number of benzene rings is 6. The molecule has 3 nitrogen and oxygen atoms in total. The Hall–Kier alpha value is -6.10. The van der Waals surface area contributed by atoms with Gasteiger partial charge in [0, 0.05) is 21.6 Å². The van der Waals surface area contributed by atoms with E-state index in [9.17, 15) is 0 Å². The van der Waals surface area contributed by atoms with Crippen molar-refractivity contribution in [3.63, 3.8) is 0 Å². The van der Waals surface area contributed by atoms with Gasteiger partial charge in [0.1, 0.15) is 11.5 Å². The summed E-state index contributed by atoms with van der Waals surface area (Å²) in [6, 6.07) is 58.2. The second-order valence-corrected chi connectivity index (χ2v) is 14.2. The minimum absolute atomic E-state index is 0.499. The molecule has 1 spiro atoms. The zero-order valence-corrected chi connectivity index (χ0v) is 28.6. The van der Waals surface area contributed by atoms with E-state index in [1.54, 1.807) is 11.3 Å². The topological polar surface area (TPSA) is 34.0 Å². The maximum atomic E-state index is 6.96. The van der Waals surface area contributed by atoms with Crippen molar-refractivity contribution < 1.29 is 4.74 Å². The summed E-state index contributed by atoms with van der Waals surface area (Å²) in [4.78, 5) is 12.7. The Balaban J connectivity index is 1.15. The summed E-state index contributed by atoms with van der Waals surface area (Å²) in [7, 11) is 0. The van der Waals surface area contributed by atoms with Gasteiger partial charge in [-0.15, -0.1) is 11.3 Å². The molecule has 0 radical (unpaired) electrons. The van der Waals surface area contributed by atoms with E-state index in [0.717, 1.165) is 73.6 Å². The van der Waals surface area contributed by atoms with Crippen LogP contribution in [0.3, 0.4) is 0 Å². The molecular formula is C47H32N2OS. The summed E-state index contributed by atoms with van der Waals surface area (Å²) in [5.74, 6) is 2.51. The Morgan fingerprint density at radius 2 is 1.08 bits per heavy atom. The Bertz CT molecular complexity index is 2510. The minimum atomic E-state index is -0.499. The summed E-state index contributed by atoms with van der Waals surface area (Å²) in [5.41, 5.74) is 12.3. The Labute approximate surface area is 301 Å². The van der Waals surface area contributed by atoms with Crippen molar-refractivity contribution in [2.45, 2.75) is 18.3 Å². The van der Waals surface area contributed by atoms with E-state index >= 15 is 0 Å². The maximum Gasteiger partial charge on any atom is 0.170 e. The van der Waals surface area contributed by atoms with Crippen LogP contribution in [0, 0.1) is 0 Å². The number of fused-ring (bicyclic) bond motifs is 9. The monoisotopic (exact) mass is 672 g/mol. The van der Waals surface area contributed by atoms with E-state index in [1.165, 1.54) is 27.8 Å². The van der Waals surface area contributed by atoms with Crippen molar-refractivity contribution >= 4 is 28.6 Å². The van der Waals surface area contributed by atoms with Gasteiger partial charge < -0.3 is 4.74 Å². The summed E-state index contributed by atoms with van der Waals surface area (Å²) in [6.45, 7) is 0. The average Bonchev–Trinajstić information content (AvgIpc) is 3.78. The summed E-state index contributed by atoms with van der Waals surface area (Å²) < 4.78 is 6.96. The second-order valence-electron chi connectivity index (χ2n) is 13.1. The van der Waals surface area contributed by atoms with Crippen molar-refractivity contribution in [2.24, 2.45) is 9.98 Å². The smallest absolute Gasteiger partial charge is 0.170 e. The molecule has 242 valence electrons. The molecular weight excluding hydrogens is 641 g/mol. The highest BCUT2D eigenvalue weighted by Crippen LogP contribution is 2.63. The normalized spacial score (nSPS) is 15.2. The van der Waals surface area contributed by atoms with Gasteiger partial charge in [-0.2, -0.15) is 0 Å². The summed E-state index contributed by atoms with van der Waals surface area (Å²) in [6.07, 6.45) is 3.95. The standard InChI is InChI=1S/C47H32N2OS/c1-3-15-31(16-4-1)40-26-14-27-41(32-17-5-2-6-18-32)49-46(48-40)44-30-29-43(51-44)35-21-13-25-39-45(35)50-42-28-12-11-24-38(42)47(39)36-22-9-7-19-33(36)34-20-8-10-23-37(34)47/h1-13,15-26,28-30H,14,27H2. The first-order chi connectivity index (χ1) is 25.3. The fourth-order valence-electron chi connectivity index (χ4n) is 8.13. The molecule has 0 saturated heterocycles. The summed E-state index contributed by atoms with van der Waals surface area (Å²) in [5, 5.41) is 0. The number of nitrogens with zero attached hydrogens (tertiary/aromatic N) is 2. The molecule has 10 rings (SSSR count). The van der Waals surface area contributed by atoms with Crippen LogP contribution in [0.1, 0.15) is 51.1 Å². The highest BCUT2D eigenvalue weighted by atomic mass is 32.1. The molecule has 1 aromatic heterocycles. The van der Waals surface area contributed by atoms with Crippen LogP contribution >= 0.6 is 11.3 Å². The number of allylic oxidation sites excluding steroid dienone is 1. The zero-order valence-electron chi connectivity index (χ0n) is 27.8. The van der Waals surface area contributed by atoms with E-state index in [4.69, 9.17) is 14.7 Å². The number of ether oxygens (including phenoxy) is 1. The zero-order chi connectivity index (χ0) is 33.8. The largest absolute Gasteiger partial charge is 0.456 e. The third-order valence-electron chi connectivity index (χ3n) is 10.3. The molecule has 0 fully saturated rings. The van der Waals surface area contributed by atoms with Gasteiger partial charge in [0.2, 0.25) is 0 Å². The predicted octanol–water partition coefficient (Wildman–Crippen LogP) is 12.0. The Morgan fingerprint density at radius 3 is 1.82 bits per heavy atom. The molecule has 0 amide bonds. The van der Waals surface area contributed by atoms with Crippen molar-refractivity contribution in [1.82, 2.24) is 0 Å². The van der Waals surface area contributed by atoms with Gasteiger partial charge in [0.15, 0.2) is 5.84 Å². The van der Waals surface area contributed by atoms with Crippen LogP contribution < -0.4 is 4.74 Å². The van der Waals surface area contributed by atoms with Crippen LogP contribution in [0.25, 0.3) is 27.3 Å². The highest BCUT2D eigenvalue weighted by Gasteiger charge is 2.51. The average molecular weight is 673 g/mol. The molecule has 3 aliphatic rings. The Kier molecular flexibility index (Phi) is 7.03. The lowest BCUT2D eigenvalue weighted by molar-refractivity contribution is 0.438. The van der Waals surface area contributed by atoms with Crippen LogP contribution in [0.5, 0.6) is 11.5 Å². The lowest BCUT2D eigenvalue weighted by atomic mass is 9.66. The molecule has 6 aromatic carbocycles. The van der Waals surface area contributed by atoms with Crippen molar-refractivity contribution in [3.05, 3.63) is 208 Å². The molecule has 0 saturated carbocycles. The van der Waals surface area contributed by atoms with Gasteiger partial charge in [-0.1, -0.05) is 146 Å². The molecule has 51 heavy (non-hydrogen) atoms. The molecule has 1 aliphatic carbocycles.